The Morgan fingerprint density at radius 3 is 3.17 bits per heavy atom. The molecule has 2 aromatic rings. The second-order valence-electron chi connectivity index (χ2n) is 4.64. The van der Waals surface area contributed by atoms with Crippen LogP contribution in [-0.4, -0.2) is 39.5 Å². The van der Waals surface area contributed by atoms with Crippen LogP contribution < -0.4 is 0 Å². The Labute approximate surface area is 110 Å². The Balaban J connectivity index is 1.73. The van der Waals surface area contributed by atoms with Crippen LogP contribution in [-0.2, 0) is 11.2 Å². The Morgan fingerprint density at radius 2 is 2.39 bits per heavy atom. The van der Waals surface area contributed by atoms with Gasteiger partial charge in [0.25, 0.3) is 0 Å². The van der Waals surface area contributed by atoms with Gasteiger partial charge in [-0.05, 0) is 18.1 Å². The Bertz CT molecular complexity index is 580. The van der Waals surface area contributed by atoms with Crippen molar-refractivity contribution in [3.8, 4) is 0 Å². The molecule has 1 saturated heterocycles. The molecule has 1 aliphatic rings. The van der Waals surface area contributed by atoms with Crippen molar-refractivity contribution in [2.24, 2.45) is 0 Å². The number of nitrogens with one attached hydrogen (secondary N) is 1. The summed E-state index contributed by atoms with van der Waals surface area (Å²) in [5.41, 5.74) is 2.25. The summed E-state index contributed by atoms with van der Waals surface area (Å²) >= 11 is 5.98. The van der Waals surface area contributed by atoms with Gasteiger partial charge in [-0.25, -0.2) is 0 Å². The van der Waals surface area contributed by atoms with E-state index in [9.17, 15) is 4.79 Å². The number of aromatic nitrogens is 2. The number of benzene rings is 1. The van der Waals surface area contributed by atoms with E-state index in [1.807, 2.05) is 23.2 Å². The molecule has 18 heavy (non-hydrogen) atoms. The zero-order valence-electron chi connectivity index (χ0n) is 9.90. The molecule has 0 saturated carbocycles. The van der Waals surface area contributed by atoms with Gasteiger partial charge >= 0.3 is 0 Å². The second-order valence-corrected chi connectivity index (χ2v) is 5.26. The molecule has 1 fully saturated rings. The summed E-state index contributed by atoms with van der Waals surface area (Å²) in [5.74, 6) is 0.161. The van der Waals surface area contributed by atoms with Crippen molar-refractivity contribution in [3.05, 3.63) is 30.0 Å². The minimum absolute atomic E-state index is 0.0257. The van der Waals surface area contributed by atoms with Gasteiger partial charge in [-0.2, -0.15) is 5.10 Å². The predicted molar refractivity (Wildman–Crippen MR) is 70.6 cm³/mol. The lowest BCUT2D eigenvalue weighted by atomic mass is 10.1. The lowest BCUT2D eigenvalue weighted by Crippen LogP contribution is -2.27. The highest BCUT2D eigenvalue weighted by atomic mass is 35.5. The highest BCUT2D eigenvalue weighted by Gasteiger charge is 2.27. The molecule has 1 aliphatic heterocycles. The topological polar surface area (TPSA) is 49.0 Å². The van der Waals surface area contributed by atoms with Crippen LogP contribution in [0.2, 0.25) is 0 Å². The second kappa shape index (κ2) is 4.61. The molecule has 2 heterocycles. The first-order valence-corrected chi connectivity index (χ1v) is 6.50. The molecule has 0 spiro atoms. The maximum atomic E-state index is 11.6. The average molecular weight is 264 g/mol. The highest BCUT2D eigenvalue weighted by Crippen LogP contribution is 2.19. The maximum absolute atomic E-state index is 11.6. The summed E-state index contributed by atoms with van der Waals surface area (Å²) in [6, 6.07) is 6.09. The molecule has 4 nitrogen and oxygen atoms in total. The number of amides is 1. The fourth-order valence-corrected chi connectivity index (χ4v) is 2.74. The van der Waals surface area contributed by atoms with E-state index in [4.69, 9.17) is 11.6 Å². The number of halogens is 1. The number of nitrogens with zero attached hydrogens (tertiary/aromatic N) is 2. The molecular weight excluding hydrogens is 250 g/mol. The van der Waals surface area contributed by atoms with Crippen LogP contribution in [0.25, 0.3) is 10.9 Å². The number of carbonyl (C=O) groups is 1. The van der Waals surface area contributed by atoms with E-state index in [1.165, 1.54) is 5.56 Å². The maximum Gasteiger partial charge on any atom is 0.224 e. The number of H-pyrrole nitrogens is 1. The molecule has 1 unspecified atom stereocenters. The summed E-state index contributed by atoms with van der Waals surface area (Å²) in [6.45, 7) is 1.40. The third kappa shape index (κ3) is 2.08. The van der Waals surface area contributed by atoms with E-state index in [0.717, 1.165) is 23.9 Å². The minimum Gasteiger partial charge on any atom is -0.341 e. The van der Waals surface area contributed by atoms with Gasteiger partial charge in [0.05, 0.1) is 17.1 Å². The van der Waals surface area contributed by atoms with E-state index in [2.05, 4.69) is 16.3 Å². The standard InChI is InChI=1S/C13H14ClN3O/c14-10-6-13(18)17(8-10)5-4-9-2-1-3-12-11(9)7-15-16-12/h1-3,7,10H,4-6,8H2,(H,15,16). The van der Waals surface area contributed by atoms with Crippen molar-refractivity contribution in [1.29, 1.82) is 0 Å². The normalized spacial score (nSPS) is 19.9. The van der Waals surface area contributed by atoms with Gasteiger partial charge in [0.15, 0.2) is 0 Å². The summed E-state index contributed by atoms with van der Waals surface area (Å²) in [6.07, 6.45) is 3.14. The van der Waals surface area contributed by atoms with Crippen molar-refractivity contribution in [2.45, 2.75) is 18.2 Å². The lowest BCUT2D eigenvalue weighted by molar-refractivity contribution is -0.127. The molecule has 1 aromatic heterocycles. The molecule has 1 aromatic carbocycles. The van der Waals surface area contributed by atoms with E-state index >= 15 is 0 Å². The monoisotopic (exact) mass is 263 g/mol. The highest BCUT2D eigenvalue weighted by molar-refractivity contribution is 6.22. The fraction of sp³-hybridized carbons (Fsp3) is 0.385. The number of hydrogen-bond acceptors (Lipinski definition) is 2. The molecule has 0 aliphatic carbocycles. The van der Waals surface area contributed by atoms with Crippen LogP contribution in [0.1, 0.15) is 12.0 Å². The lowest BCUT2D eigenvalue weighted by Gasteiger charge is -2.15. The third-order valence-electron chi connectivity index (χ3n) is 3.39. The van der Waals surface area contributed by atoms with E-state index in [1.54, 1.807) is 0 Å². The molecule has 1 atom stereocenters. The molecule has 94 valence electrons. The quantitative estimate of drug-likeness (QED) is 0.861. The van der Waals surface area contributed by atoms with Crippen LogP contribution in [0.5, 0.6) is 0 Å². The van der Waals surface area contributed by atoms with Gasteiger partial charge in [0, 0.05) is 24.9 Å². The van der Waals surface area contributed by atoms with E-state index in [-0.39, 0.29) is 11.3 Å². The van der Waals surface area contributed by atoms with Crippen LogP contribution in [0.3, 0.4) is 0 Å². The molecule has 3 rings (SSSR count). The number of fused-ring (bicyclic) bond motifs is 1. The van der Waals surface area contributed by atoms with Gasteiger partial charge in [0.1, 0.15) is 0 Å². The van der Waals surface area contributed by atoms with Gasteiger partial charge in [-0.1, -0.05) is 12.1 Å². The number of aromatic amines is 1. The van der Waals surface area contributed by atoms with Crippen LogP contribution in [0, 0.1) is 0 Å². The Morgan fingerprint density at radius 1 is 1.50 bits per heavy atom. The van der Waals surface area contributed by atoms with E-state index in [0.29, 0.717) is 13.0 Å². The zero-order valence-corrected chi connectivity index (χ0v) is 10.7. The average Bonchev–Trinajstić information content (AvgIpc) is 2.93. The predicted octanol–water partition coefficient (Wildman–Crippen LogP) is 1.95. The van der Waals surface area contributed by atoms with Crippen molar-refractivity contribution < 1.29 is 4.79 Å². The first kappa shape index (κ1) is 11.5. The van der Waals surface area contributed by atoms with Gasteiger partial charge in [-0.3, -0.25) is 9.89 Å². The van der Waals surface area contributed by atoms with Crippen molar-refractivity contribution >= 4 is 28.4 Å². The first-order chi connectivity index (χ1) is 8.74. The molecule has 1 amide bonds. The summed E-state index contributed by atoms with van der Waals surface area (Å²) in [5, 5.41) is 8.10. The zero-order chi connectivity index (χ0) is 12.5. The van der Waals surface area contributed by atoms with Crippen molar-refractivity contribution in [3.63, 3.8) is 0 Å². The molecule has 0 radical (unpaired) electrons. The van der Waals surface area contributed by atoms with Crippen molar-refractivity contribution in [1.82, 2.24) is 15.1 Å². The fourth-order valence-electron chi connectivity index (χ4n) is 2.44. The summed E-state index contributed by atoms with van der Waals surface area (Å²) in [4.78, 5) is 13.5. The Hall–Kier alpha value is -1.55. The van der Waals surface area contributed by atoms with Gasteiger partial charge < -0.3 is 4.90 Å². The molecular formula is C13H14ClN3O. The summed E-state index contributed by atoms with van der Waals surface area (Å²) in [7, 11) is 0. The van der Waals surface area contributed by atoms with Crippen LogP contribution >= 0.6 is 11.6 Å². The van der Waals surface area contributed by atoms with Crippen molar-refractivity contribution in [2.75, 3.05) is 13.1 Å². The van der Waals surface area contributed by atoms with Crippen LogP contribution in [0.15, 0.2) is 24.4 Å². The van der Waals surface area contributed by atoms with E-state index < -0.39 is 0 Å². The molecule has 1 N–H and O–H groups in total. The largest absolute Gasteiger partial charge is 0.341 e. The number of carbonyl (C=O) groups excluding carboxylic acids is 1. The Kier molecular flexibility index (Phi) is 2.96. The number of alkyl halides is 1. The van der Waals surface area contributed by atoms with Gasteiger partial charge in [0.2, 0.25) is 5.91 Å². The number of likely N-dealkylation sites (tertiary alicyclic amines) is 1. The number of rotatable bonds is 3. The van der Waals surface area contributed by atoms with Crippen LogP contribution in [0.4, 0.5) is 0 Å². The third-order valence-corrected chi connectivity index (χ3v) is 3.69. The number of hydrogen-bond donors (Lipinski definition) is 1. The van der Waals surface area contributed by atoms with Gasteiger partial charge in [-0.15, -0.1) is 11.6 Å². The molecule has 5 heteroatoms. The molecule has 0 bridgehead atoms. The minimum atomic E-state index is -0.0257. The first-order valence-electron chi connectivity index (χ1n) is 6.07. The summed E-state index contributed by atoms with van der Waals surface area (Å²) < 4.78 is 0. The SMILES string of the molecule is O=C1CC(Cl)CN1CCc1cccc2[nH]ncc12. The smallest absolute Gasteiger partial charge is 0.224 e.